The maximum atomic E-state index is 11.2. The summed E-state index contributed by atoms with van der Waals surface area (Å²) in [5, 5.41) is 9.37. The summed E-state index contributed by atoms with van der Waals surface area (Å²) < 4.78 is 11.5. The smallest absolute Gasteiger partial charge is 0.221 e. The summed E-state index contributed by atoms with van der Waals surface area (Å²) in [7, 11) is 0. The maximum Gasteiger partial charge on any atom is 0.221 e. The van der Waals surface area contributed by atoms with Gasteiger partial charge in [0.2, 0.25) is 5.91 Å². The van der Waals surface area contributed by atoms with Gasteiger partial charge >= 0.3 is 0 Å². The molecule has 1 aromatic heterocycles. The molecule has 1 unspecified atom stereocenters. The van der Waals surface area contributed by atoms with E-state index in [4.69, 9.17) is 14.1 Å². The fraction of sp³-hybridized carbons (Fsp3) is 0.478. The zero-order valence-corrected chi connectivity index (χ0v) is 18.4. The molecule has 3 rings (SSSR count). The molecule has 168 valence electrons. The monoisotopic (exact) mass is 427 g/mol. The van der Waals surface area contributed by atoms with Gasteiger partial charge in [-0.2, -0.15) is 0 Å². The minimum Gasteiger partial charge on any atom is -0.492 e. The number of rotatable bonds is 10. The van der Waals surface area contributed by atoms with Crippen LogP contribution >= 0.6 is 0 Å². The van der Waals surface area contributed by atoms with Crippen molar-refractivity contribution in [2.45, 2.75) is 32.7 Å². The first-order valence-electron chi connectivity index (χ1n) is 11.0. The van der Waals surface area contributed by atoms with Gasteiger partial charge in [-0.25, -0.2) is 0 Å². The highest BCUT2D eigenvalue weighted by Crippen LogP contribution is 2.25. The highest BCUT2D eigenvalue weighted by Gasteiger charge is 2.25. The molecule has 1 atom stereocenters. The van der Waals surface area contributed by atoms with E-state index in [2.05, 4.69) is 20.9 Å². The number of ether oxygens (including phenoxy) is 1. The van der Waals surface area contributed by atoms with E-state index < -0.39 is 0 Å². The van der Waals surface area contributed by atoms with E-state index in [0.717, 1.165) is 37.0 Å². The van der Waals surface area contributed by atoms with Gasteiger partial charge in [0, 0.05) is 25.2 Å². The lowest BCUT2D eigenvalue weighted by Crippen LogP contribution is -2.40. The Kier molecular flexibility index (Phi) is 8.78. The quantitative estimate of drug-likeness (QED) is 0.307. The molecule has 0 aliphatic carbocycles. The van der Waals surface area contributed by atoms with E-state index in [1.165, 1.54) is 19.8 Å². The normalized spacial score (nSPS) is 15.5. The van der Waals surface area contributed by atoms with Gasteiger partial charge in [0.15, 0.2) is 5.96 Å². The Morgan fingerprint density at radius 2 is 2.06 bits per heavy atom. The van der Waals surface area contributed by atoms with E-state index in [1.807, 2.05) is 43.3 Å². The van der Waals surface area contributed by atoms with E-state index in [-0.39, 0.29) is 11.9 Å². The van der Waals surface area contributed by atoms with Crippen molar-refractivity contribution in [2.24, 2.45) is 4.99 Å². The molecule has 0 spiro atoms. The summed E-state index contributed by atoms with van der Waals surface area (Å²) in [4.78, 5) is 18.4. The third-order valence-electron chi connectivity index (χ3n) is 5.04. The average Bonchev–Trinajstić information content (AvgIpc) is 3.46. The number of nitrogens with one attached hydrogen (secondary N) is 3. The third-order valence-corrected chi connectivity index (χ3v) is 5.04. The first-order chi connectivity index (χ1) is 15.2. The van der Waals surface area contributed by atoms with Gasteiger partial charge in [-0.15, -0.1) is 0 Å². The van der Waals surface area contributed by atoms with Crippen LogP contribution in [-0.2, 0) is 4.79 Å². The van der Waals surface area contributed by atoms with Gasteiger partial charge in [0.1, 0.15) is 18.1 Å². The summed E-state index contributed by atoms with van der Waals surface area (Å²) in [6.07, 6.45) is 4.17. The zero-order chi connectivity index (χ0) is 21.9. The van der Waals surface area contributed by atoms with E-state index >= 15 is 0 Å². The number of nitrogens with zero attached hydrogens (tertiary/aromatic N) is 2. The molecular formula is C23H33N5O3. The number of carbonyl (C=O) groups is 1. The van der Waals surface area contributed by atoms with Gasteiger partial charge in [0.05, 0.1) is 25.4 Å². The number of anilines is 1. The predicted molar refractivity (Wildman–Crippen MR) is 122 cm³/mol. The number of amides is 1. The molecule has 8 nitrogen and oxygen atoms in total. The van der Waals surface area contributed by atoms with Crippen LogP contribution in [0.3, 0.4) is 0 Å². The highest BCUT2D eigenvalue weighted by atomic mass is 16.5. The maximum absolute atomic E-state index is 11.2. The van der Waals surface area contributed by atoms with Crippen molar-refractivity contribution in [2.75, 3.05) is 44.6 Å². The largest absolute Gasteiger partial charge is 0.492 e. The summed E-state index contributed by atoms with van der Waals surface area (Å²) in [6.45, 7) is 8.17. The van der Waals surface area contributed by atoms with E-state index in [0.29, 0.717) is 25.4 Å². The predicted octanol–water partition coefficient (Wildman–Crippen LogP) is 3.01. The zero-order valence-electron chi connectivity index (χ0n) is 18.4. The van der Waals surface area contributed by atoms with Gasteiger partial charge in [-0.3, -0.25) is 14.7 Å². The van der Waals surface area contributed by atoms with E-state index in [9.17, 15) is 4.79 Å². The lowest BCUT2D eigenvalue weighted by molar-refractivity contribution is -0.114. The van der Waals surface area contributed by atoms with Crippen molar-refractivity contribution < 1.29 is 13.9 Å². The molecule has 0 saturated carbocycles. The minimum absolute atomic E-state index is 0.105. The number of hydrogen-bond acceptors (Lipinski definition) is 5. The molecule has 1 fully saturated rings. The fourth-order valence-corrected chi connectivity index (χ4v) is 3.64. The molecule has 0 radical (unpaired) electrons. The molecule has 8 heteroatoms. The van der Waals surface area contributed by atoms with Crippen LogP contribution in [0.15, 0.2) is 52.1 Å². The Morgan fingerprint density at radius 1 is 1.23 bits per heavy atom. The molecule has 0 bridgehead atoms. The van der Waals surface area contributed by atoms with Crippen molar-refractivity contribution >= 4 is 17.6 Å². The molecule has 1 saturated heterocycles. The van der Waals surface area contributed by atoms with Crippen molar-refractivity contribution in [1.29, 1.82) is 0 Å². The molecular weight excluding hydrogens is 394 g/mol. The third kappa shape index (κ3) is 7.32. The first kappa shape index (κ1) is 22.7. The standard InChI is InChI=1S/C23H33N5O3/c1-3-24-23(25-11-15-30-20-9-6-8-19(16-20)27-18(2)29)26-17-21(22-10-7-14-31-22)28-12-4-5-13-28/h6-10,14,16,21H,3-5,11-13,15,17H2,1-2H3,(H,27,29)(H2,24,25,26). The topological polar surface area (TPSA) is 91.1 Å². The van der Waals surface area contributed by atoms with Crippen molar-refractivity contribution in [3.05, 3.63) is 48.4 Å². The van der Waals surface area contributed by atoms with Crippen LogP contribution in [0.4, 0.5) is 5.69 Å². The van der Waals surface area contributed by atoms with Crippen LogP contribution in [0.5, 0.6) is 5.75 Å². The second-order valence-corrected chi connectivity index (χ2v) is 7.48. The number of aliphatic imine (C=N–C) groups is 1. The van der Waals surface area contributed by atoms with E-state index in [1.54, 1.807) is 6.26 Å². The lowest BCUT2D eigenvalue weighted by Gasteiger charge is -2.24. The fourth-order valence-electron chi connectivity index (χ4n) is 3.64. The van der Waals surface area contributed by atoms with Crippen LogP contribution in [-0.4, -0.2) is 56.1 Å². The SMILES string of the molecule is CCNC(=NCC(c1ccco1)N1CCCC1)NCCOc1cccc(NC(C)=O)c1. The molecule has 1 aromatic carbocycles. The molecule has 1 amide bonds. The van der Waals surface area contributed by atoms with Gasteiger partial charge in [-0.1, -0.05) is 6.07 Å². The Balaban J connectivity index is 1.51. The molecule has 2 aromatic rings. The minimum atomic E-state index is -0.105. The molecule has 1 aliphatic rings. The van der Waals surface area contributed by atoms with Crippen LogP contribution in [0.2, 0.25) is 0 Å². The summed E-state index contributed by atoms with van der Waals surface area (Å²) in [6, 6.07) is 11.5. The Hall–Kier alpha value is -3.00. The summed E-state index contributed by atoms with van der Waals surface area (Å²) >= 11 is 0. The number of furan rings is 1. The van der Waals surface area contributed by atoms with Crippen LogP contribution in [0.25, 0.3) is 0 Å². The van der Waals surface area contributed by atoms with Crippen molar-refractivity contribution in [1.82, 2.24) is 15.5 Å². The average molecular weight is 428 g/mol. The molecule has 2 heterocycles. The number of likely N-dealkylation sites (tertiary alicyclic amines) is 1. The lowest BCUT2D eigenvalue weighted by atomic mass is 10.2. The summed E-state index contributed by atoms with van der Waals surface area (Å²) in [5.74, 6) is 2.33. The van der Waals surface area contributed by atoms with Gasteiger partial charge in [0.25, 0.3) is 0 Å². The Labute approximate surface area is 184 Å². The van der Waals surface area contributed by atoms with Crippen LogP contribution < -0.4 is 20.7 Å². The number of hydrogen-bond donors (Lipinski definition) is 3. The second kappa shape index (κ2) is 12.0. The second-order valence-electron chi connectivity index (χ2n) is 7.48. The summed E-state index contributed by atoms with van der Waals surface area (Å²) in [5.41, 5.74) is 0.721. The Morgan fingerprint density at radius 3 is 2.77 bits per heavy atom. The molecule has 1 aliphatic heterocycles. The number of carbonyl (C=O) groups excluding carboxylic acids is 1. The van der Waals surface area contributed by atoms with Crippen molar-refractivity contribution in [3.63, 3.8) is 0 Å². The first-order valence-corrected chi connectivity index (χ1v) is 11.0. The highest BCUT2D eigenvalue weighted by molar-refractivity contribution is 5.88. The van der Waals surface area contributed by atoms with Gasteiger partial charge in [-0.05, 0) is 57.1 Å². The van der Waals surface area contributed by atoms with Crippen molar-refractivity contribution in [3.8, 4) is 5.75 Å². The number of benzene rings is 1. The van der Waals surface area contributed by atoms with Crippen LogP contribution in [0.1, 0.15) is 38.5 Å². The van der Waals surface area contributed by atoms with Crippen LogP contribution in [0, 0.1) is 0 Å². The molecule has 31 heavy (non-hydrogen) atoms. The van der Waals surface area contributed by atoms with Gasteiger partial charge < -0.3 is 25.1 Å². The molecule has 3 N–H and O–H groups in total. The number of guanidine groups is 1. The Bertz CT molecular complexity index is 831.